The number of hydrogen-bond donors (Lipinski definition) is 1. The summed E-state index contributed by atoms with van der Waals surface area (Å²) in [6.45, 7) is 1.38. The van der Waals surface area contributed by atoms with Crippen LogP contribution in [0.5, 0.6) is 5.75 Å². The molecule has 108 valence electrons. The Morgan fingerprint density at radius 1 is 1.14 bits per heavy atom. The molecule has 5 heteroatoms. The Morgan fingerprint density at radius 3 is 2.57 bits per heavy atom. The summed E-state index contributed by atoms with van der Waals surface area (Å²) in [5, 5.41) is 3.06. The van der Waals surface area contributed by atoms with E-state index in [4.69, 9.17) is 16.3 Å². The largest absolute Gasteiger partial charge is 0.497 e. The molecular formula is C16H14ClNO3. The number of methoxy groups -OCH3 is 1. The van der Waals surface area contributed by atoms with E-state index in [0.717, 1.165) is 0 Å². The lowest BCUT2D eigenvalue weighted by Gasteiger charge is -2.10. The predicted octanol–water partition coefficient (Wildman–Crippen LogP) is 3.54. The highest BCUT2D eigenvalue weighted by atomic mass is 35.5. The van der Waals surface area contributed by atoms with Crippen LogP contribution in [0.25, 0.3) is 0 Å². The van der Waals surface area contributed by atoms with Gasteiger partial charge in [-0.1, -0.05) is 23.7 Å². The molecule has 0 atom stereocenters. The number of carbonyl (C=O) groups excluding carboxylic acids is 2. The van der Waals surface area contributed by atoms with Gasteiger partial charge in [0.05, 0.1) is 12.8 Å². The molecule has 0 saturated carbocycles. The smallest absolute Gasteiger partial charge is 0.221 e. The van der Waals surface area contributed by atoms with Crippen molar-refractivity contribution in [2.45, 2.75) is 6.92 Å². The molecule has 0 aliphatic carbocycles. The molecule has 2 aromatic carbocycles. The van der Waals surface area contributed by atoms with Crippen molar-refractivity contribution in [3.63, 3.8) is 0 Å². The number of amides is 1. The topological polar surface area (TPSA) is 55.4 Å². The summed E-state index contributed by atoms with van der Waals surface area (Å²) in [5.41, 5.74) is 1.23. The Hall–Kier alpha value is -2.33. The van der Waals surface area contributed by atoms with Crippen LogP contribution in [-0.4, -0.2) is 18.8 Å². The molecule has 0 bridgehead atoms. The minimum Gasteiger partial charge on any atom is -0.497 e. The molecule has 2 rings (SSSR count). The first-order chi connectivity index (χ1) is 10.0. The van der Waals surface area contributed by atoms with E-state index in [2.05, 4.69) is 5.32 Å². The molecule has 2 aromatic rings. The number of hydrogen-bond acceptors (Lipinski definition) is 3. The quantitative estimate of drug-likeness (QED) is 0.879. The Kier molecular flexibility index (Phi) is 4.60. The molecule has 1 amide bonds. The summed E-state index contributed by atoms with van der Waals surface area (Å²) in [7, 11) is 1.53. The number of anilines is 1. The molecule has 0 unspecified atom stereocenters. The van der Waals surface area contributed by atoms with Crippen molar-refractivity contribution >= 4 is 29.0 Å². The standard InChI is InChI=1S/C16H14ClNO3/c1-10(19)18-15-7-6-12(17)9-14(15)16(20)11-4-3-5-13(8-11)21-2/h3-9H,1-2H3,(H,18,19). The average molecular weight is 304 g/mol. The van der Waals surface area contributed by atoms with Crippen molar-refractivity contribution in [3.05, 3.63) is 58.6 Å². The summed E-state index contributed by atoms with van der Waals surface area (Å²) >= 11 is 5.95. The van der Waals surface area contributed by atoms with Crippen LogP contribution in [0.2, 0.25) is 5.02 Å². The Labute approximate surface area is 127 Å². The predicted molar refractivity (Wildman–Crippen MR) is 82.2 cm³/mol. The van der Waals surface area contributed by atoms with E-state index in [0.29, 0.717) is 27.6 Å². The number of nitrogens with one attached hydrogen (secondary N) is 1. The summed E-state index contributed by atoms with van der Waals surface area (Å²) in [6.07, 6.45) is 0. The fourth-order valence-corrected chi connectivity index (χ4v) is 2.09. The third kappa shape index (κ3) is 3.61. The first-order valence-electron chi connectivity index (χ1n) is 6.27. The number of rotatable bonds is 4. The summed E-state index contributed by atoms with van der Waals surface area (Å²) in [6, 6.07) is 11.6. The molecule has 0 aliphatic heterocycles. The van der Waals surface area contributed by atoms with Crippen LogP contribution < -0.4 is 10.1 Å². The van der Waals surface area contributed by atoms with Gasteiger partial charge in [0, 0.05) is 23.1 Å². The van der Waals surface area contributed by atoms with Crippen LogP contribution in [0.1, 0.15) is 22.8 Å². The zero-order valence-corrected chi connectivity index (χ0v) is 12.4. The van der Waals surface area contributed by atoms with Crippen LogP contribution in [0.3, 0.4) is 0 Å². The van der Waals surface area contributed by atoms with Gasteiger partial charge in [0.1, 0.15) is 5.75 Å². The lowest BCUT2D eigenvalue weighted by Crippen LogP contribution is -2.11. The fourth-order valence-electron chi connectivity index (χ4n) is 1.92. The van der Waals surface area contributed by atoms with Crippen LogP contribution in [-0.2, 0) is 4.79 Å². The molecule has 0 radical (unpaired) electrons. The molecule has 0 aromatic heterocycles. The third-order valence-corrected chi connectivity index (χ3v) is 3.10. The Morgan fingerprint density at radius 2 is 1.90 bits per heavy atom. The van der Waals surface area contributed by atoms with E-state index in [1.807, 2.05) is 0 Å². The van der Waals surface area contributed by atoms with Gasteiger partial charge in [-0.25, -0.2) is 0 Å². The van der Waals surface area contributed by atoms with Gasteiger partial charge < -0.3 is 10.1 Å². The van der Waals surface area contributed by atoms with E-state index >= 15 is 0 Å². The highest BCUT2D eigenvalue weighted by Gasteiger charge is 2.15. The van der Waals surface area contributed by atoms with E-state index in [1.54, 1.807) is 36.4 Å². The monoisotopic (exact) mass is 303 g/mol. The van der Waals surface area contributed by atoms with Crippen molar-refractivity contribution < 1.29 is 14.3 Å². The fraction of sp³-hybridized carbons (Fsp3) is 0.125. The van der Waals surface area contributed by atoms with Crippen LogP contribution in [0.15, 0.2) is 42.5 Å². The third-order valence-electron chi connectivity index (χ3n) is 2.87. The zero-order chi connectivity index (χ0) is 15.4. The van der Waals surface area contributed by atoms with Crippen LogP contribution in [0.4, 0.5) is 5.69 Å². The van der Waals surface area contributed by atoms with Gasteiger partial charge in [0.25, 0.3) is 0 Å². The minimum absolute atomic E-state index is 0.236. The maximum Gasteiger partial charge on any atom is 0.221 e. The van der Waals surface area contributed by atoms with Crippen molar-refractivity contribution in [1.29, 1.82) is 0 Å². The normalized spacial score (nSPS) is 10.0. The molecule has 0 heterocycles. The lowest BCUT2D eigenvalue weighted by molar-refractivity contribution is -0.114. The first kappa shape index (κ1) is 15.1. The molecule has 4 nitrogen and oxygen atoms in total. The molecule has 0 aliphatic rings. The summed E-state index contributed by atoms with van der Waals surface area (Å²) < 4.78 is 5.11. The van der Waals surface area contributed by atoms with Crippen molar-refractivity contribution in [2.24, 2.45) is 0 Å². The summed E-state index contributed by atoms with van der Waals surface area (Å²) in [5.74, 6) is 0.0983. The van der Waals surface area contributed by atoms with Gasteiger partial charge in [0.15, 0.2) is 5.78 Å². The van der Waals surface area contributed by atoms with E-state index < -0.39 is 0 Å². The van der Waals surface area contributed by atoms with Crippen molar-refractivity contribution in [2.75, 3.05) is 12.4 Å². The van der Waals surface area contributed by atoms with E-state index in [1.165, 1.54) is 20.1 Å². The molecule has 1 N–H and O–H groups in total. The SMILES string of the molecule is COc1cccc(C(=O)c2cc(Cl)ccc2NC(C)=O)c1. The number of benzene rings is 2. The number of ketones is 1. The lowest BCUT2D eigenvalue weighted by atomic mass is 10.0. The second-order valence-electron chi connectivity index (χ2n) is 4.43. The number of ether oxygens (including phenoxy) is 1. The molecule has 0 saturated heterocycles. The van der Waals surface area contributed by atoms with Gasteiger partial charge in [-0.2, -0.15) is 0 Å². The molecule has 0 spiro atoms. The van der Waals surface area contributed by atoms with Crippen molar-refractivity contribution in [1.82, 2.24) is 0 Å². The van der Waals surface area contributed by atoms with Gasteiger partial charge in [-0.15, -0.1) is 0 Å². The highest BCUT2D eigenvalue weighted by Crippen LogP contribution is 2.25. The van der Waals surface area contributed by atoms with Gasteiger partial charge in [-0.3, -0.25) is 9.59 Å². The van der Waals surface area contributed by atoms with Gasteiger partial charge in [0.2, 0.25) is 5.91 Å². The highest BCUT2D eigenvalue weighted by molar-refractivity contribution is 6.31. The second kappa shape index (κ2) is 6.41. The van der Waals surface area contributed by atoms with Crippen LogP contribution >= 0.6 is 11.6 Å². The molecule has 0 fully saturated rings. The minimum atomic E-state index is -0.253. The second-order valence-corrected chi connectivity index (χ2v) is 4.87. The molecule has 21 heavy (non-hydrogen) atoms. The average Bonchev–Trinajstić information content (AvgIpc) is 2.48. The molecular weight excluding hydrogens is 290 g/mol. The number of halogens is 1. The summed E-state index contributed by atoms with van der Waals surface area (Å²) in [4.78, 5) is 23.8. The van der Waals surface area contributed by atoms with E-state index in [-0.39, 0.29) is 11.7 Å². The van der Waals surface area contributed by atoms with Crippen LogP contribution in [0, 0.1) is 0 Å². The van der Waals surface area contributed by atoms with Gasteiger partial charge in [-0.05, 0) is 30.3 Å². The maximum absolute atomic E-state index is 12.6. The van der Waals surface area contributed by atoms with Crippen molar-refractivity contribution in [3.8, 4) is 5.75 Å². The Bertz CT molecular complexity index is 698. The van der Waals surface area contributed by atoms with Gasteiger partial charge >= 0.3 is 0 Å². The van der Waals surface area contributed by atoms with E-state index in [9.17, 15) is 9.59 Å². The maximum atomic E-state index is 12.6. The first-order valence-corrected chi connectivity index (χ1v) is 6.65. The Balaban J connectivity index is 2.46. The number of carbonyl (C=O) groups is 2. The zero-order valence-electron chi connectivity index (χ0n) is 11.6.